The van der Waals surface area contributed by atoms with Crippen molar-refractivity contribution in [1.82, 2.24) is 0 Å². The molecule has 0 amide bonds. The van der Waals surface area contributed by atoms with Crippen LogP contribution in [0.5, 0.6) is 0 Å². The number of hydrogen-bond donors (Lipinski definition) is 0. The number of ether oxygens (including phenoxy) is 3. The van der Waals surface area contributed by atoms with Gasteiger partial charge in [0.15, 0.2) is 6.10 Å². The number of hydrogen-bond acceptors (Lipinski definition) is 6. The summed E-state index contributed by atoms with van der Waals surface area (Å²) < 4.78 is 16.9. The summed E-state index contributed by atoms with van der Waals surface area (Å²) in [5.74, 6) is -0.890. The Labute approximate surface area is 515 Å². The molecule has 0 radical (unpaired) electrons. The minimum atomic E-state index is -0.788. The predicted molar refractivity (Wildman–Crippen MR) is 362 cm³/mol. The number of carbonyl (C=O) groups excluding carboxylic acids is 3. The van der Waals surface area contributed by atoms with Crippen molar-refractivity contribution in [3.05, 3.63) is 85.1 Å². The molecular formula is C77H136O6. The van der Waals surface area contributed by atoms with Gasteiger partial charge in [-0.05, 0) is 109 Å². The van der Waals surface area contributed by atoms with E-state index in [0.29, 0.717) is 19.3 Å². The first-order chi connectivity index (χ1) is 41.0. The van der Waals surface area contributed by atoms with Gasteiger partial charge < -0.3 is 14.2 Å². The van der Waals surface area contributed by atoms with Gasteiger partial charge in [-0.2, -0.15) is 0 Å². The fourth-order valence-electron chi connectivity index (χ4n) is 10.5. The van der Waals surface area contributed by atoms with E-state index in [-0.39, 0.29) is 31.1 Å². The second-order valence-electron chi connectivity index (χ2n) is 24.1. The highest BCUT2D eigenvalue weighted by Gasteiger charge is 2.19. The molecule has 0 saturated carbocycles. The first-order valence-corrected chi connectivity index (χ1v) is 36.1. The average Bonchev–Trinajstić information content (AvgIpc) is 3.49. The zero-order chi connectivity index (χ0) is 59.9. The normalized spacial score (nSPS) is 12.6. The van der Waals surface area contributed by atoms with Crippen LogP contribution in [0.1, 0.15) is 367 Å². The van der Waals surface area contributed by atoms with Crippen LogP contribution in [0.3, 0.4) is 0 Å². The van der Waals surface area contributed by atoms with Gasteiger partial charge in [0.1, 0.15) is 13.2 Å². The van der Waals surface area contributed by atoms with Gasteiger partial charge in [0, 0.05) is 19.3 Å². The van der Waals surface area contributed by atoms with Gasteiger partial charge in [-0.1, -0.05) is 324 Å². The van der Waals surface area contributed by atoms with Crippen molar-refractivity contribution in [2.75, 3.05) is 13.2 Å². The van der Waals surface area contributed by atoms with Crippen molar-refractivity contribution in [2.24, 2.45) is 0 Å². The Morgan fingerprint density at radius 1 is 0.253 bits per heavy atom. The molecule has 0 aromatic heterocycles. The second kappa shape index (κ2) is 71.1. The number of rotatable bonds is 66. The van der Waals surface area contributed by atoms with Crippen molar-refractivity contribution in [1.29, 1.82) is 0 Å². The third-order valence-corrected chi connectivity index (χ3v) is 15.8. The van der Waals surface area contributed by atoms with Crippen molar-refractivity contribution in [3.63, 3.8) is 0 Å². The van der Waals surface area contributed by atoms with Crippen LogP contribution in [0, 0.1) is 0 Å². The van der Waals surface area contributed by atoms with Gasteiger partial charge in [-0.3, -0.25) is 14.4 Å². The number of allylic oxidation sites excluding steroid dienone is 14. The van der Waals surface area contributed by atoms with Gasteiger partial charge in [0.25, 0.3) is 0 Å². The highest BCUT2D eigenvalue weighted by Crippen LogP contribution is 2.18. The molecule has 0 aromatic rings. The standard InChI is InChI=1S/C77H136O6/c1-4-7-10-13-16-19-22-25-27-29-30-31-32-33-34-35-36-37-38-39-40-41-42-43-44-45-46-48-49-52-55-58-61-64-67-70-76(79)82-73-74(72-81-75(78)69-66-63-60-57-54-51-24-21-18-15-12-9-6-3)83-77(80)71-68-65-62-59-56-53-50-47-28-26-23-20-17-14-11-8-5-2/h8,11-12,15,17,20-22,24-26,28-30,74H,4-7,9-10,13-14,16,18-19,23,27,31-73H2,1-3H3/b11-8-,15-12-,20-17-,24-21-,25-22-,28-26-,30-29-. The Morgan fingerprint density at radius 2 is 0.494 bits per heavy atom. The number of unbranched alkanes of at least 4 members (excludes halogenated alkanes) is 41. The molecule has 0 fully saturated rings. The Hall–Kier alpha value is -3.41. The summed E-state index contributed by atoms with van der Waals surface area (Å²) in [6.07, 6.45) is 94.9. The third kappa shape index (κ3) is 69.3. The van der Waals surface area contributed by atoms with E-state index in [0.717, 1.165) is 116 Å². The molecule has 83 heavy (non-hydrogen) atoms. The first kappa shape index (κ1) is 79.6. The van der Waals surface area contributed by atoms with Crippen molar-refractivity contribution < 1.29 is 28.6 Å². The van der Waals surface area contributed by atoms with Crippen LogP contribution in [0.4, 0.5) is 0 Å². The predicted octanol–water partition coefficient (Wildman–Crippen LogP) is 25.0. The maximum absolute atomic E-state index is 12.9. The van der Waals surface area contributed by atoms with Gasteiger partial charge in [-0.15, -0.1) is 0 Å². The lowest BCUT2D eigenvalue weighted by Gasteiger charge is -2.18. The second-order valence-corrected chi connectivity index (χ2v) is 24.1. The molecule has 1 atom stereocenters. The largest absolute Gasteiger partial charge is 0.462 e. The van der Waals surface area contributed by atoms with E-state index in [1.807, 2.05) is 0 Å². The molecule has 0 rings (SSSR count). The summed E-state index contributed by atoms with van der Waals surface area (Å²) in [5, 5.41) is 0. The Kier molecular flexibility index (Phi) is 68.2. The fraction of sp³-hybridized carbons (Fsp3) is 0.779. The quantitative estimate of drug-likeness (QED) is 0.0261. The fourth-order valence-corrected chi connectivity index (χ4v) is 10.5. The molecule has 0 aliphatic rings. The molecule has 6 nitrogen and oxygen atoms in total. The molecule has 0 saturated heterocycles. The lowest BCUT2D eigenvalue weighted by Crippen LogP contribution is -2.30. The molecular weight excluding hydrogens is 1020 g/mol. The van der Waals surface area contributed by atoms with Crippen molar-refractivity contribution >= 4 is 17.9 Å². The maximum atomic E-state index is 12.9. The molecule has 6 heteroatoms. The number of esters is 3. The molecule has 0 aromatic carbocycles. The topological polar surface area (TPSA) is 78.9 Å². The van der Waals surface area contributed by atoms with Gasteiger partial charge in [-0.25, -0.2) is 0 Å². The highest BCUT2D eigenvalue weighted by atomic mass is 16.6. The first-order valence-electron chi connectivity index (χ1n) is 36.1. The number of carbonyl (C=O) groups is 3. The van der Waals surface area contributed by atoms with E-state index in [1.54, 1.807) is 0 Å². The zero-order valence-electron chi connectivity index (χ0n) is 55.2. The lowest BCUT2D eigenvalue weighted by atomic mass is 10.0. The van der Waals surface area contributed by atoms with E-state index >= 15 is 0 Å². The van der Waals surface area contributed by atoms with Gasteiger partial charge >= 0.3 is 17.9 Å². The van der Waals surface area contributed by atoms with Crippen LogP contribution in [0.25, 0.3) is 0 Å². The SMILES string of the molecule is CC/C=C\C/C=C\C/C=C\CCCCCCCCCC(=O)OC(COC(=O)CCCCCCC/C=C\C/C=C\CCC)COC(=O)CCCCCCCCCCCCCCCCCCCCCCCCC/C=C\C/C=C\CCCCCCC. The van der Waals surface area contributed by atoms with Crippen LogP contribution in [0.2, 0.25) is 0 Å². The maximum Gasteiger partial charge on any atom is 0.306 e. The molecule has 0 heterocycles. The van der Waals surface area contributed by atoms with E-state index in [4.69, 9.17) is 14.2 Å². The van der Waals surface area contributed by atoms with Crippen LogP contribution in [0.15, 0.2) is 85.1 Å². The summed E-state index contributed by atoms with van der Waals surface area (Å²) in [4.78, 5) is 38.4. The monoisotopic (exact) mass is 1160 g/mol. The molecule has 1 unspecified atom stereocenters. The van der Waals surface area contributed by atoms with Crippen LogP contribution >= 0.6 is 0 Å². The van der Waals surface area contributed by atoms with Crippen molar-refractivity contribution in [2.45, 2.75) is 374 Å². The molecule has 0 aliphatic carbocycles. The lowest BCUT2D eigenvalue weighted by molar-refractivity contribution is -0.167. The van der Waals surface area contributed by atoms with Gasteiger partial charge in [0.05, 0.1) is 0 Å². The Balaban J connectivity index is 4.11. The molecule has 0 aliphatic heterocycles. The summed E-state index contributed by atoms with van der Waals surface area (Å²) in [7, 11) is 0. The molecule has 0 spiro atoms. The van der Waals surface area contributed by atoms with Gasteiger partial charge in [0.2, 0.25) is 0 Å². The van der Waals surface area contributed by atoms with Crippen LogP contribution in [-0.4, -0.2) is 37.2 Å². The molecule has 480 valence electrons. The van der Waals surface area contributed by atoms with Crippen LogP contribution < -0.4 is 0 Å². The minimum absolute atomic E-state index is 0.0819. The molecule has 0 bridgehead atoms. The highest BCUT2D eigenvalue weighted by molar-refractivity contribution is 5.71. The molecule has 0 N–H and O–H groups in total. The Bertz CT molecular complexity index is 1570. The van der Waals surface area contributed by atoms with E-state index in [9.17, 15) is 14.4 Å². The van der Waals surface area contributed by atoms with E-state index < -0.39 is 6.10 Å². The van der Waals surface area contributed by atoms with E-state index in [2.05, 4.69) is 106 Å². The Morgan fingerprint density at radius 3 is 0.783 bits per heavy atom. The average molecular weight is 1160 g/mol. The summed E-state index contributed by atoms with van der Waals surface area (Å²) >= 11 is 0. The summed E-state index contributed by atoms with van der Waals surface area (Å²) in [5.41, 5.74) is 0. The zero-order valence-corrected chi connectivity index (χ0v) is 55.2. The van der Waals surface area contributed by atoms with Crippen molar-refractivity contribution in [3.8, 4) is 0 Å². The summed E-state index contributed by atoms with van der Waals surface area (Å²) in [6.45, 7) is 6.48. The minimum Gasteiger partial charge on any atom is -0.462 e. The van der Waals surface area contributed by atoms with E-state index in [1.165, 1.54) is 212 Å². The van der Waals surface area contributed by atoms with Crippen LogP contribution in [-0.2, 0) is 28.6 Å². The third-order valence-electron chi connectivity index (χ3n) is 15.8. The smallest absolute Gasteiger partial charge is 0.306 e. The summed E-state index contributed by atoms with van der Waals surface area (Å²) in [6, 6.07) is 0.